The van der Waals surface area contributed by atoms with E-state index < -0.39 is 0 Å². The predicted octanol–water partition coefficient (Wildman–Crippen LogP) is 3.56. The second-order valence-corrected chi connectivity index (χ2v) is 4.31. The van der Waals surface area contributed by atoms with Gasteiger partial charge in [-0.2, -0.15) is 0 Å². The summed E-state index contributed by atoms with van der Waals surface area (Å²) in [6.45, 7) is 4.92. The van der Waals surface area contributed by atoms with Gasteiger partial charge in [0.05, 0.1) is 12.0 Å². The maximum Gasteiger partial charge on any atom is 0.122 e. The zero-order valence-electron chi connectivity index (χ0n) is 8.59. The highest BCUT2D eigenvalue weighted by Gasteiger charge is 2.29. The van der Waals surface area contributed by atoms with E-state index in [1.165, 1.54) is 11.1 Å². The second kappa shape index (κ2) is 3.82. The van der Waals surface area contributed by atoms with Gasteiger partial charge in [0.25, 0.3) is 0 Å². The fourth-order valence-electron chi connectivity index (χ4n) is 2.08. The summed E-state index contributed by atoms with van der Waals surface area (Å²) in [6, 6.07) is 6.17. The average Bonchev–Trinajstić information content (AvgIpc) is 2.46. The highest BCUT2D eigenvalue weighted by atomic mass is 35.5. The standard InChI is InChI=1S/C12H15ClO/c1-3-14-11-6-4-5-9-10(11)7-8(2)12(9)13/h4-6,8,12H,3,7H2,1-2H3. The molecule has 2 atom stereocenters. The zero-order valence-corrected chi connectivity index (χ0v) is 9.34. The summed E-state index contributed by atoms with van der Waals surface area (Å²) in [4.78, 5) is 0. The molecule has 0 bridgehead atoms. The van der Waals surface area contributed by atoms with Crippen LogP contribution in [0.4, 0.5) is 0 Å². The first-order valence-corrected chi connectivity index (χ1v) is 5.56. The van der Waals surface area contributed by atoms with E-state index >= 15 is 0 Å². The molecule has 1 aromatic carbocycles. The van der Waals surface area contributed by atoms with E-state index in [1.807, 2.05) is 19.1 Å². The average molecular weight is 211 g/mol. The fraction of sp³-hybridized carbons (Fsp3) is 0.500. The molecule has 0 saturated carbocycles. The van der Waals surface area contributed by atoms with E-state index in [0.29, 0.717) is 5.92 Å². The minimum absolute atomic E-state index is 0.158. The van der Waals surface area contributed by atoms with Gasteiger partial charge in [0.2, 0.25) is 0 Å². The molecule has 14 heavy (non-hydrogen) atoms. The van der Waals surface area contributed by atoms with Crippen molar-refractivity contribution in [2.24, 2.45) is 5.92 Å². The van der Waals surface area contributed by atoms with Crippen LogP contribution in [-0.4, -0.2) is 6.61 Å². The summed E-state index contributed by atoms with van der Waals surface area (Å²) in [7, 11) is 0. The fourth-order valence-corrected chi connectivity index (χ4v) is 2.38. The van der Waals surface area contributed by atoms with Gasteiger partial charge in [0, 0.05) is 0 Å². The summed E-state index contributed by atoms with van der Waals surface area (Å²) < 4.78 is 5.59. The first-order chi connectivity index (χ1) is 6.74. The van der Waals surface area contributed by atoms with Crippen LogP contribution in [0.5, 0.6) is 5.75 Å². The molecule has 0 radical (unpaired) electrons. The van der Waals surface area contributed by atoms with Crippen molar-refractivity contribution >= 4 is 11.6 Å². The highest BCUT2D eigenvalue weighted by molar-refractivity contribution is 6.21. The van der Waals surface area contributed by atoms with Crippen molar-refractivity contribution < 1.29 is 4.74 Å². The number of hydrogen-bond donors (Lipinski definition) is 0. The molecular weight excluding hydrogens is 196 g/mol. The molecule has 1 aliphatic rings. The number of rotatable bonds is 2. The Hall–Kier alpha value is -0.690. The maximum atomic E-state index is 6.31. The predicted molar refractivity (Wildman–Crippen MR) is 59.1 cm³/mol. The summed E-state index contributed by atoms with van der Waals surface area (Å²) in [5.41, 5.74) is 2.56. The van der Waals surface area contributed by atoms with Crippen molar-refractivity contribution in [1.82, 2.24) is 0 Å². The topological polar surface area (TPSA) is 9.23 Å². The molecule has 76 valence electrons. The third kappa shape index (κ3) is 1.50. The number of benzene rings is 1. The lowest BCUT2D eigenvalue weighted by atomic mass is 10.1. The van der Waals surface area contributed by atoms with E-state index in [-0.39, 0.29) is 5.38 Å². The number of alkyl halides is 1. The van der Waals surface area contributed by atoms with Gasteiger partial charge >= 0.3 is 0 Å². The second-order valence-electron chi connectivity index (χ2n) is 3.84. The van der Waals surface area contributed by atoms with E-state index in [9.17, 15) is 0 Å². The van der Waals surface area contributed by atoms with Crippen LogP contribution in [0.15, 0.2) is 18.2 Å². The molecule has 0 heterocycles. The number of fused-ring (bicyclic) bond motifs is 1. The minimum atomic E-state index is 0.158. The van der Waals surface area contributed by atoms with Gasteiger partial charge in [-0.25, -0.2) is 0 Å². The zero-order chi connectivity index (χ0) is 10.1. The molecule has 0 N–H and O–H groups in total. The molecule has 0 aromatic heterocycles. The number of ether oxygens (including phenoxy) is 1. The quantitative estimate of drug-likeness (QED) is 0.679. The lowest BCUT2D eigenvalue weighted by molar-refractivity contribution is 0.336. The molecule has 2 rings (SSSR count). The Kier molecular flexibility index (Phi) is 2.69. The highest BCUT2D eigenvalue weighted by Crippen LogP contribution is 2.44. The van der Waals surface area contributed by atoms with Crippen LogP contribution in [0, 0.1) is 5.92 Å². The molecular formula is C12H15ClO. The van der Waals surface area contributed by atoms with Crippen LogP contribution >= 0.6 is 11.6 Å². The van der Waals surface area contributed by atoms with Crippen LogP contribution in [0.2, 0.25) is 0 Å². The number of halogens is 1. The van der Waals surface area contributed by atoms with Crippen molar-refractivity contribution in [3.8, 4) is 5.75 Å². The van der Waals surface area contributed by atoms with Crippen molar-refractivity contribution in [3.05, 3.63) is 29.3 Å². The summed E-state index contributed by atoms with van der Waals surface area (Å²) in [5.74, 6) is 1.54. The van der Waals surface area contributed by atoms with Crippen molar-refractivity contribution in [1.29, 1.82) is 0 Å². The molecule has 1 aliphatic carbocycles. The van der Waals surface area contributed by atoms with E-state index in [2.05, 4.69) is 13.0 Å². The molecule has 0 amide bonds. The summed E-state index contributed by atoms with van der Waals surface area (Å²) in [6.07, 6.45) is 1.04. The molecule has 2 unspecified atom stereocenters. The Balaban J connectivity index is 2.40. The Morgan fingerprint density at radius 2 is 2.29 bits per heavy atom. The van der Waals surface area contributed by atoms with Crippen LogP contribution in [0.1, 0.15) is 30.4 Å². The van der Waals surface area contributed by atoms with Gasteiger partial charge in [-0.05, 0) is 36.5 Å². The largest absolute Gasteiger partial charge is 0.494 e. The van der Waals surface area contributed by atoms with Crippen LogP contribution < -0.4 is 4.74 Å². The molecule has 0 fully saturated rings. The van der Waals surface area contributed by atoms with E-state index in [0.717, 1.165) is 18.8 Å². The van der Waals surface area contributed by atoms with Crippen molar-refractivity contribution in [3.63, 3.8) is 0 Å². The van der Waals surface area contributed by atoms with Gasteiger partial charge in [0.15, 0.2) is 0 Å². The molecule has 1 nitrogen and oxygen atoms in total. The first-order valence-electron chi connectivity index (χ1n) is 5.12. The molecule has 1 aromatic rings. The van der Waals surface area contributed by atoms with Gasteiger partial charge in [-0.1, -0.05) is 19.1 Å². The van der Waals surface area contributed by atoms with Gasteiger partial charge in [-0.3, -0.25) is 0 Å². The van der Waals surface area contributed by atoms with Gasteiger partial charge in [0.1, 0.15) is 5.75 Å². The molecule has 0 aliphatic heterocycles. The Labute approximate surface area is 90.0 Å². The van der Waals surface area contributed by atoms with Crippen LogP contribution in [0.25, 0.3) is 0 Å². The van der Waals surface area contributed by atoms with E-state index in [1.54, 1.807) is 0 Å². The first kappa shape index (κ1) is 9.85. The van der Waals surface area contributed by atoms with Crippen molar-refractivity contribution in [2.45, 2.75) is 25.6 Å². The lowest BCUT2D eigenvalue weighted by Crippen LogP contribution is -1.96. The third-order valence-electron chi connectivity index (χ3n) is 2.79. The lowest BCUT2D eigenvalue weighted by Gasteiger charge is -2.09. The van der Waals surface area contributed by atoms with Gasteiger partial charge in [-0.15, -0.1) is 11.6 Å². The third-order valence-corrected chi connectivity index (χ3v) is 3.46. The molecule has 0 saturated heterocycles. The SMILES string of the molecule is CCOc1cccc2c1CC(C)C2Cl. The summed E-state index contributed by atoms with van der Waals surface area (Å²) in [5, 5.41) is 0.158. The normalized spacial score (nSPS) is 24.8. The smallest absolute Gasteiger partial charge is 0.122 e. The Morgan fingerprint density at radius 3 is 3.00 bits per heavy atom. The Morgan fingerprint density at radius 1 is 1.50 bits per heavy atom. The van der Waals surface area contributed by atoms with Gasteiger partial charge < -0.3 is 4.74 Å². The van der Waals surface area contributed by atoms with Crippen LogP contribution in [-0.2, 0) is 6.42 Å². The maximum absolute atomic E-state index is 6.31. The van der Waals surface area contributed by atoms with E-state index in [4.69, 9.17) is 16.3 Å². The monoisotopic (exact) mass is 210 g/mol. The number of hydrogen-bond acceptors (Lipinski definition) is 1. The Bertz CT molecular complexity index is 335. The molecule has 2 heteroatoms. The minimum Gasteiger partial charge on any atom is -0.494 e. The summed E-state index contributed by atoms with van der Waals surface area (Å²) >= 11 is 6.31. The van der Waals surface area contributed by atoms with Crippen LogP contribution in [0.3, 0.4) is 0 Å². The van der Waals surface area contributed by atoms with Crippen molar-refractivity contribution in [2.75, 3.05) is 6.61 Å². The molecule has 0 spiro atoms.